The van der Waals surface area contributed by atoms with Crippen molar-refractivity contribution in [2.75, 3.05) is 39.8 Å². The second kappa shape index (κ2) is 10.1. The average Bonchev–Trinajstić information content (AvgIpc) is 2.71. The summed E-state index contributed by atoms with van der Waals surface area (Å²) in [4.78, 5) is 40.9. The summed E-state index contributed by atoms with van der Waals surface area (Å²) < 4.78 is 0. The van der Waals surface area contributed by atoms with Gasteiger partial charge < -0.3 is 15.5 Å². The van der Waals surface area contributed by atoms with Gasteiger partial charge in [-0.2, -0.15) is 0 Å². The van der Waals surface area contributed by atoms with E-state index in [1.54, 1.807) is 36.2 Å². The highest BCUT2D eigenvalue weighted by atomic mass is 16.2. The van der Waals surface area contributed by atoms with Crippen LogP contribution in [0.1, 0.15) is 30.6 Å². The van der Waals surface area contributed by atoms with Crippen molar-refractivity contribution in [2.45, 2.75) is 26.3 Å². The van der Waals surface area contributed by atoms with Crippen LogP contribution in [0.4, 0.5) is 0 Å². The molecule has 7 heteroatoms. The Morgan fingerprint density at radius 2 is 1.70 bits per heavy atom. The summed E-state index contributed by atoms with van der Waals surface area (Å²) in [5, 5.41) is 5.54. The Labute approximate surface area is 161 Å². The first-order chi connectivity index (χ1) is 13.0. The molecular formula is C20H30N4O3. The predicted octanol–water partition coefficient (Wildman–Crippen LogP) is 0.721. The van der Waals surface area contributed by atoms with Crippen LogP contribution in [-0.4, -0.2) is 73.3 Å². The molecule has 1 fully saturated rings. The molecule has 0 radical (unpaired) electrons. The maximum atomic E-state index is 13.1. The van der Waals surface area contributed by atoms with E-state index in [4.69, 9.17) is 0 Å². The van der Waals surface area contributed by atoms with Gasteiger partial charge in [-0.1, -0.05) is 38.5 Å². The Morgan fingerprint density at radius 1 is 1.07 bits per heavy atom. The summed E-state index contributed by atoms with van der Waals surface area (Å²) in [6, 6.07) is 8.40. The molecule has 3 amide bonds. The molecule has 0 saturated carbocycles. The summed E-state index contributed by atoms with van der Waals surface area (Å²) in [7, 11) is 1.62. The lowest BCUT2D eigenvalue weighted by molar-refractivity contribution is -0.136. The Morgan fingerprint density at radius 3 is 2.26 bits per heavy atom. The first-order valence-electron chi connectivity index (χ1n) is 9.53. The summed E-state index contributed by atoms with van der Waals surface area (Å²) in [5.41, 5.74) is 0.550. The number of amides is 3. The van der Waals surface area contributed by atoms with E-state index in [-0.39, 0.29) is 23.6 Å². The zero-order valence-electron chi connectivity index (χ0n) is 16.4. The van der Waals surface area contributed by atoms with Crippen molar-refractivity contribution in [3.63, 3.8) is 0 Å². The second-order valence-corrected chi connectivity index (χ2v) is 6.98. The van der Waals surface area contributed by atoms with Crippen LogP contribution in [0.15, 0.2) is 30.3 Å². The number of hydrogen-bond donors (Lipinski definition) is 2. The van der Waals surface area contributed by atoms with Crippen molar-refractivity contribution in [3.05, 3.63) is 35.9 Å². The Kier molecular flexibility index (Phi) is 7.79. The van der Waals surface area contributed by atoms with Crippen LogP contribution in [0.3, 0.4) is 0 Å². The minimum atomic E-state index is -0.548. The first kappa shape index (κ1) is 20.9. The third-order valence-electron chi connectivity index (χ3n) is 5.13. The van der Waals surface area contributed by atoms with E-state index < -0.39 is 6.04 Å². The molecule has 0 spiro atoms. The monoisotopic (exact) mass is 374 g/mol. The van der Waals surface area contributed by atoms with Crippen LogP contribution in [0.5, 0.6) is 0 Å². The van der Waals surface area contributed by atoms with E-state index in [0.29, 0.717) is 38.3 Å². The van der Waals surface area contributed by atoms with E-state index in [1.165, 1.54) is 0 Å². The molecule has 2 rings (SSSR count). The predicted molar refractivity (Wildman–Crippen MR) is 104 cm³/mol. The summed E-state index contributed by atoms with van der Waals surface area (Å²) >= 11 is 0. The fourth-order valence-electron chi connectivity index (χ4n) is 3.10. The highest BCUT2D eigenvalue weighted by Gasteiger charge is 2.32. The van der Waals surface area contributed by atoms with Gasteiger partial charge in [-0.25, -0.2) is 0 Å². The molecule has 0 aliphatic carbocycles. The lowest BCUT2D eigenvalue weighted by atomic mass is 9.97. The van der Waals surface area contributed by atoms with Gasteiger partial charge >= 0.3 is 0 Å². The standard InChI is InChI=1S/C20H30N4O3/c1-4-15(2)18(22-19(26)16-8-6-5-7-9-16)20(27)24-12-10-23(11-13-24)14-17(25)21-3/h5-9,15,18H,4,10-14H2,1-3H3,(H,21,25)(H,22,26). The third-order valence-corrected chi connectivity index (χ3v) is 5.13. The van der Waals surface area contributed by atoms with Gasteiger partial charge in [-0.15, -0.1) is 0 Å². The molecule has 2 N–H and O–H groups in total. The van der Waals surface area contributed by atoms with Gasteiger partial charge in [0.1, 0.15) is 6.04 Å². The topological polar surface area (TPSA) is 81.8 Å². The number of hydrogen-bond acceptors (Lipinski definition) is 4. The molecule has 1 aromatic carbocycles. The molecule has 148 valence electrons. The van der Waals surface area contributed by atoms with Crippen molar-refractivity contribution in [3.8, 4) is 0 Å². The maximum Gasteiger partial charge on any atom is 0.251 e. The summed E-state index contributed by atoms with van der Waals surface area (Å²) in [5.74, 6) is -0.267. The lowest BCUT2D eigenvalue weighted by Gasteiger charge is -2.37. The maximum absolute atomic E-state index is 13.1. The van der Waals surface area contributed by atoms with E-state index in [1.807, 2.05) is 24.8 Å². The smallest absolute Gasteiger partial charge is 0.251 e. The van der Waals surface area contributed by atoms with E-state index in [2.05, 4.69) is 10.6 Å². The molecule has 0 bridgehead atoms. The zero-order chi connectivity index (χ0) is 19.8. The van der Waals surface area contributed by atoms with Gasteiger partial charge in [-0.05, 0) is 18.1 Å². The number of nitrogens with zero attached hydrogens (tertiary/aromatic N) is 2. The Bertz CT molecular complexity index is 642. The van der Waals surface area contributed by atoms with Crippen LogP contribution in [-0.2, 0) is 9.59 Å². The van der Waals surface area contributed by atoms with Crippen molar-refractivity contribution in [1.29, 1.82) is 0 Å². The molecular weight excluding hydrogens is 344 g/mol. The minimum absolute atomic E-state index is 0.0256. The normalized spacial score (nSPS) is 17.1. The number of carbonyl (C=O) groups excluding carboxylic acids is 3. The zero-order valence-corrected chi connectivity index (χ0v) is 16.4. The van der Waals surface area contributed by atoms with Crippen LogP contribution in [0.25, 0.3) is 0 Å². The molecule has 1 aliphatic heterocycles. The molecule has 1 saturated heterocycles. The van der Waals surface area contributed by atoms with Crippen molar-refractivity contribution >= 4 is 17.7 Å². The lowest BCUT2D eigenvalue weighted by Crippen LogP contribution is -2.57. The van der Waals surface area contributed by atoms with Crippen molar-refractivity contribution < 1.29 is 14.4 Å². The number of nitrogens with one attached hydrogen (secondary N) is 2. The minimum Gasteiger partial charge on any atom is -0.358 e. The number of likely N-dealkylation sites (N-methyl/N-ethyl adjacent to an activating group) is 1. The third kappa shape index (κ3) is 5.79. The van der Waals surface area contributed by atoms with Gasteiger partial charge in [-0.3, -0.25) is 19.3 Å². The van der Waals surface area contributed by atoms with Crippen LogP contribution in [0.2, 0.25) is 0 Å². The number of benzene rings is 1. The fourth-order valence-corrected chi connectivity index (χ4v) is 3.10. The molecule has 2 atom stereocenters. The summed E-state index contributed by atoms with van der Waals surface area (Å²) in [6.45, 7) is 6.76. The van der Waals surface area contributed by atoms with Gasteiger partial charge in [0.15, 0.2) is 0 Å². The molecule has 27 heavy (non-hydrogen) atoms. The van der Waals surface area contributed by atoms with Crippen molar-refractivity contribution in [1.82, 2.24) is 20.4 Å². The van der Waals surface area contributed by atoms with Gasteiger partial charge in [0.05, 0.1) is 6.54 Å². The summed E-state index contributed by atoms with van der Waals surface area (Å²) in [6.07, 6.45) is 0.794. The number of rotatable bonds is 7. The molecule has 1 aliphatic rings. The van der Waals surface area contributed by atoms with Crippen LogP contribution < -0.4 is 10.6 Å². The molecule has 0 aromatic heterocycles. The van der Waals surface area contributed by atoms with E-state index >= 15 is 0 Å². The second-order valence-electron chi connectivity index (χ2n) is 6.98. The molecule has 7 nitrogen and oxygen atoms in total. The number of piperazine rings is 1. The number of carbonyl (C=O) groups is 3. The largest absolute Gasteiger partial charge is 0.358 e. The molecule has 1 aromatic rings. The van der Waals surface area contributed by atoms with E-state index in [9.17, 15) is 14.4 Å². The average molecular weight is 374 g/mol. The molecule has 1 heterocycles. The highest BCUT2D eigenvalue weighted by molar-refractivity contribution is 5.97. The Balaban J connectivity index is 1.99. The van der Waals surface area contributed by atoms with Crippen LogP contribution >= 0.6 is 0 Å². The quantitative estimate of drug-likeness (QED) is 0.737. The fraction of sp³-hybridized carbons (Fsp3) is 0.550. The van der Waals surface area contributed by atoms with Crippen LogP contribution in [0, 0.1) is 5.92 Å². The Hall–Kier alpha value is -2.41. The van der Waals surface area contributed by atoms with Crippen molar-refractivity contribution in [2.24, 2.45) is 5.92 Å². The SMILES string of the molecule is CCC(C)C(NC(=O)c1ccccc1)C(=O)N1CCN(CC(=O)NC)CC1. The van der Waals surface area contributed by atoms with Gasteiger partial charge in [0, 0.05) is 38.8 Å². The molecule has 2 unspecified atom stereocenters. The van der Waals surface area contributed by atoms with Gasteiger partial charge in [0.25, 0.3) is 5.91 Å². The highest BCUT2D eigenvalue weighted by Crippen LogP contribution is 2.14. The first-order valence-corrected chi connectivity index (χ1v) is 9.53. The van der Waals surface area contributed by atoms with Gasteiger partial charge in [0.2, 0.25) is 11.8 Å². The van der Waals surface area contributed by atoms with E-state index in [0.717, 1.165) is 6.42 Å².